The van der Waals surface area contributed by atoms with E-state index in [0.717, 1.165) is 25.1 Å². The largest absolute Gasteiger partial charge is 0.307 e. The SMILES string of the molecule is Cn1ccc(CNC2CCCCC2C#N)n1. The van der Waals surface area contributed by atoms with Crippen LogP contribution in [-0.4, -0.2) is 15.8 Å². The van der Waals surface area contributed by atoms with Crippen LogP contribution in [0.2, 0.25) is 0 Å². The quantitative estimate of drug-likeness (QED) is 0.838. The summed E-state index contributed by atoms with van der Waals surface area (Å²) in [7, 11) is 1.92. The molecule has 0 aromatic carbocycles. The maximum atomic E-state index is 9.05. The molecule has 1 aromatic heterocycles. The summed E-state index contributed by atoms with van der Waals surface area (Å²) in [5, 5.41) is 16.8. The smallest absolute Gasteiger partial charge is 0.0762 e. The van der Waals surface area contributed by atoms with Gasteiger partial charge >= 0.3 is 0 Å². The van der Waals surface area contributed by atoms with Gasteiger partial charge in [0.25, 0.3) is 0 Å². The molecule has 1 fully saturated rings. The Kier molecular flexibility index (Phi) is 3.58. The molecule has 0 bridgehead atoms. The lowest BCUT2D eigenvalue weighted by molar-refractivity contribution is 0.310. The number of aryl methyl sites for hydroxylation is 1. The van der Waals surface area contributed by atoms with Gasteiger partial charge in [-0.1, -0.05) is 12.8 Å². The molecule has 0 radical (unpaired) electrons. The standard InChI is InChI=1S/C12H18N4/c1-16-7-6-11(15-16)9-14-12-5-3-2-4-10(12)8-13/h6-7,10,12,14H,2-5,9H2,1H3. The molecule has 0 spiro atoms. The van der Waals surface area contributed by atoms with Crippen molar-refractivity contribution < 1.29 is 0 Å². The molecule has 4 nitrogen and oxygen atoms in total. The summed E-state index contributed by atoms with van der Waals surface area (Å²) >= 11 is 0. The van der Waals surface area contributed by atoms with Crippen molar-refractivity contribution in [2.75, 3.05) is 0 Å². The Morgan fingerprint density at radius 3 is 3.06 bits per heavy atom. The zero-order valence-corrected chi connectivity index (χ0v) is 9.69. The molecule has 4 heteroatoms. The molecule has 2 atom stereocenters. The van der Waals surface area contributed by atoms with Gasteiger partial charge in [-0.15, -0.1) is 0 Å². The first-order valence-electron chi connectivity index (χ1n) is 5.91. The second-order valence-corrected chi connectivity index (χ2v) is 4.49. The second kappa shape index (κ2) is 5.13. The monoisotopic (exact) mass is 218 g/mol. The van der Waals surface area contributed by atoms with Crippen LogP contribution in [0.3, 0.4) is 0 Å². The molecule has 1 N–H and O–H groups in total. The average molecular weight is 218 g/mol. The van der Waals surface area contributed by atoms with Crippen molar-refractivity contribution in [3.05, 3.63) is 18.0 Å². The zero-order chi connectivity index (χ0) is 11.4. The lowest BCUT2D eigenvalue weighted by Crippen LogP contribution is -2.37. The highest BCUT2D eigenvalue weighted by Crippen LogP contribution is 2.23. The lowest BCUT2D eigenvalue weighted by atomic mass is 9.85. The third-order valence-corrected chi connectivity index (χ3v) is 3.25. The Morgan fingerprint density at radius 2 is 2.38 bits per heavy atom. The molecule has 0 amide bonds. The van der Waals surface area contributed by atoms with Crippen molar-refractivity contribution in [1.82, 2.24) is 15.1 Å². The first-order valence-corrected chi connectivity index (χ1v) is 5.91. The fourth-order valence-electron chi connectivity index (χ4n) is 2.32. The summed E-state index contributed by atoms with van der Waals surface area (Å²) in [4.78, 5) is 0. The molecule has 2 unspecified atom stereocenters. The summed E-state index contributed by atoms with van der Waals surface area (Å²) in [6.45, 7) is 0.768. The van der Waals surface area contributed by atoms with Crippen molar-refractivity contribution in [3.63, 3.8) is 0 Å². The Bertz CT molecular complexity index is 377. The fraction of sp³-hybridized carbons (Fsp3) is 0.667. The molecule has 1 saturated carbocycles. The molecular weight excluding hydrogens is 200 g/mol. The van der Waals surface area contributed by atoms with E-state index in [-0.39, 0.29) is 5.92 Å². The zero-order valence-electron chi connectivity index (χ0n) is 9.69. The Morgan fingerprint density at radius 1 is 1.56 bits per heavy atom. The van der Waals surface area contributed by atoms with Crippen LogP contribution in [0.5, 0.6) is 0 Å². The number of rotatable bonds is 3. The van der Waals surface area contributed by atoms with Gasteiger partial charge in [-0.2, -0.15) is 10.4 Å². The predicted molar refractivity (Wildman–Crippen MR) is 61.4 cm³/mol. The van der Waals surface area contributed by atoms with Crippen LogP contribution in [-0.2, 0) is 13.6 Å². The van der Waals surface area contributed by atoms with Gasteiger partial charge in [0.2, 0.25) is 0 Å². The minimum atomic E-state index is 0.178. The van der Waals surface area contributed by atoms with Gasteiger partial charge in [-0.25, -0.2) is 0 Å². The van der Waals surface area contributed by atoms with E-state index in [1.165, 1.54) is 12.8 Å². The maximum absolute atomic E-state index is 9.05. The highest BCUT2D eigenvalue weighted by molar-refractivity contribution is 5.00. The topological polar surface area (TPSA) is 53.6 Å². The number of hydrogen-bond acceptors (Lipinski definition) is 3. The van der Waals surface area contributed by atoms with E-state index in [1.807, 2.05) is 19.3 Å². The molecule has 2 rings (SSSR count). The normalized spacial score (nSPS) is 25.2. The minimum absolute atomic E-state index is 0.178. The number of aromatic nitrogens is 2. The van der Waals surface area contributed by atoms with Crippen molar-refractivity contribution in [1.29, 1.82) is 5.26 Å². The van der Waals surface area contributed by atoms with Crippen LogP contribution >= 0.6 is 0 Å². The van der Waals surface area contributed by atoms with Gasteiger partial charge in [-0.05, 0) is 18.9 Å². The van der Waals surface area contributed by atoms with Crippen molar-refractivity contribution in [3.8, 4) is 6.07 Å². The Balaban J connectivity index is 1.87. The van der Waals surface area contributed by atoms with Crippen LogP contribution in [0.4, 0.5) is 0 Å². The van der Waals surface area contributed by atoms with E-state index in [1.54, 1.807) is 4.68 Å². The number of nitrogens with zero attached hydrogens (tertiary/aromatic N) is 3. The number of nitriles is 1. The highest BCUT2D eigenvalue weighted by atomic mass is 15.3. The van der Waals surface area contributed by atoms with Crippen molar-refractivity contribution >= 4 is 0 Å². The fourth-order valence-corrected chi connectivity index (χ4v) is 2.32. The Labute approximate surface area is 96.3 Å². The first-order chi connectivity index (χ1) is 7.79. The van der Waals surface area contributed by atoms with Gasteiger partial charge in [-0.3, -0.25) is 4.68 Å². The first kappa shape index (κ1) is 11.2. The molecule has 1 aliphatic carbocycles. The average Bonchev–Trinajstić information content (AvgIpc) is 2.73. The summed E-state index contributed by atoms with van der Waals surface area (Å²) in [5.74, 6) is 0.178. The predicted octanol–water partition coefficient (Wildman–Crippen LogP) is 1.59. The van der Waals surface area contributed by atoms with Crippen LogP contribution in [0.15, 0.2) is 12.3 Å². The van der Waals surface area contributed by atoms with E-state index in [9.17, 15) is 0 Å². The van der Waals surface area contributed by atoms with Gasteiger partial charge < -0.3 is 5.32 Å². The summed E-state index contributed by atoms with van der Waals surface area (Å²) in [5.41, 5.74) is 1.05. The van der Waals surface area contributed by atoms with Crippen LogP contribution in [0.25, 0.3) is 0 Å². The van der Waals surface area contributed by atoms with Crippen molar-refractivity contribution in [2.24, 2.45) is 13.0 Å². The summed E-state index contributed by atoms with van der Waals surface area (Å²) in [6, 6.07) is 4.77. The minimum Gasteiger partial charge on any atom is -0.307 e. The Hall–Kier alpha value is -1.34. The molecule has 86 valence electrons. The summed E-state index contributed by atoms with van der Waals surface area (Å²) in [6.07, 6.45) is 6.53. The van der Waals surface area contributed by atoms with Crippen LogP contribution in [0.1, 0.15) is 31.4 Å². The van der Waals surface area contributed by atoms with Gasteiger partial charge in [0.1, 0.15) is 0 Å². The molecule has 0 aliphatic heterocycles. The third-order valence-electron chi connectivity index (χ3n) is 3.25. The van der Waals surface area contributed by atoms with Crippen LogP contribution in [0, 0.1) is 17.2 Å². The summed E-state index contributed by atoms with van der Waals surface area (Å²) < 4.78 is 1.81. The molecule has 1 aromatic rings. The van der Waals surface area contributed by atoms with E-state index in [4.69, 9.17) is 5.26 Å². The van der Waals surface area contributed by atoms with E-state index in [2.05, 4.69) is 16.5 Å². The maximum Gasteiger partial charge on any atom is 0.0762 e. The van der Waals surface area contributed by atoms with Gasteiger partial charge in [0.05, 0.1) is 17.7 Å². The van der Waals surface area contributed by atoms with E-state index < -0.39 is 0 Å². The van der Waals surface area contributed by atoms with Gasteiger partial charge in [0, 0.05) is 25.8 Å². The van der Waals surface area contributed by atoms with Gasteiger partial charge in [0.15, 0.2) is 0 Å². The van der Waals surface area contributed by atoms with Crippen molar-refractivity contribution in [2.45, 2.75) is 38.3 Å². The molecule has 1 heterocycles. The molecule has 16 heavy (non-hydrogen) atoms. The lowest BCUT2D eigenvalue weighted by Gasteiger charge is -2.27. The van der Waals surface area contributed by atoms with E-state index in [0.29, 0.717) is 6.04 Å². The number of nitrogens with one attached hydrogen (secondary N) is 1. The molecular formula is C12H18N4. The van der Waals surface area contributed by atoms with E-state index >= 15 is 0 Å². The molecule has 0 saturated heterocycles. The third kappa shape index (κ3) is 2.61. The molecule has 1 aliphatic rings. The van der Waals surface area contributed by atoms with Crippen LogP contribution < -0.4 is 5.32 Å². The number of hydrogen-bond donors (Lipinski definition) is 1. The highest BCUT2D eigenvalue weighted by Gasteiger charge is 2.24. The second-order valence-electron chi connectivity index (χ2n) is 4.49.